The molecule has 3 rings (SSSR count). The Labute approximate surface area is 148 Å². The van der Waals surface area contributed by atoms with Crippen LogP contribution >= 0.6 is 23.2 Å². The van der Waals surface area contributed by atoms with Crippen LogP contribution in [0.5, 0.6) is 0 Å². The van der Waals surface area contributed by atoms with Crippen LogP contribution in [0.4, 0.5) is 17.1 Å². The second-order valence-electron chi connectivity index (χ2n) is 5.13. The molecule has 1 aliphatic rings. The molecule has 5 nitrogen and oxygen atoms in total. The van der Waals surface area contributed by atoms with Gasteiger partial charge in [-0.1, -0.05) is 29.8 Å². The lowest BCUT2D eigenvalue weighted by Crippen LogP contribution is -2.38. The molecule has 7 heteroatoms. The van der Waals surface area contributed by atoms with Gasteiger partial charge in [0.15, 0.2) is 0 Å². The van der Waals surface area contributed by atoms with Crippen LogP contribution in [0.15, 0.2) is 48.5 Å². The highest BCUT2D eigenvalue weighted by Crippen LogP contribution is 2.39. The van der Waals surface area contributed by atoms with Crippen LogP contribution in [0.1, 0.15) is 6.42 Å². The number of amides is 3. The number of para-hydroxylation sites is 1. The Morgan fingerprint density at radius 2 is 1.71 bits per heavy atom. The summed E-state index contributed by atoms with van der Waals surface area (Å²) in [5.41, 5.74) is 1.23. The molecule has 1 heterocycles. The third-order valence-corrected chi connectivity index (χ3v) is 4.06. The van der Waals surface area contributed by atoms with Crippen molar-refractivity contribution in [3.8, 4) is 0 Å². The molecule has 0 spiro atoms. The van der Waals surface area contributed by atoms with Crippen molar-refractivity contribution in [2.75, 3.05) is 15.7 Å². The molecule has 0 unspecified atom stereocenters. The number of rotatable bonds is 2. The van der Waals surface area contributed by atoms with Gasteiger partial charge in [0.25, 0.3) is 0 Å². The van der Waals surface area contributed by atoms with Crippen LogP contribution in [0.25, 0.3) is 0 Å². The second kappa shape index (κ2) is 6.63. The quantitative estimate of drug-likeness (QED) is 0.606. The van der Waals surface area contributed by atoms with Gasteiger partial charge in [0, 0.05) is 10.7 Å². The molecular weight excluding hydrogens is 351 g/mol. The van der Waals surface area contributed by atoms with E-state index in [1.165, 1.54) is 11.0 Å². The van der Waals surface area contributed by atoms with Gasteiger partial charge in [0.1, 0.15) is 12.3 Å². The first-order chi connectivity index (χ1) is 11.5. The molecule has 0 fully saturated rings. The van der Waals surface area contributed by atoms with Gasteiger partial charge in [-0.2, -0.15) is 0 Å². The van der Waals surface area contributed by atoms with E-state index in [4.69, 9.17) is 23.2 Å². The molecular formula is C17H12Cl2N2O3. The average Bonchev–Trinajstić information content (AvgIpc) is 2.67. The van der Waals surface area contributed by atoms with Gasteiger partial charge >= 0.3 is 0 Å². The maximum Gasteiger partial charge on any atom is 0.248 e. The van der Waals surface area contributed by atoms with E-state index in [1.54, 1.807) is 36.4 Å². The minimum Gasteiger partial charge on any atom is -0.278 e. The number of benzene rings is 2. The summed E-state index contributed by atoms with van der Waals surface area (Å²) in [4.78, 5) is 39.5. The van der Waals surface area contributed by atoms with Gasteiger partial charge < -0.3 is 0 Å². The van der Waals surface area contributed by atoms with E-state index in [2.05, 4.69) is 0 Å². The predicted molar refractivity (Wildman–Crippen MR) is 92.9 cm³/mol. The van der Waals surface area contributed by atoms with Crippen LogP contribution in [0.2, 0.25) is 5.02 Å². The van der Waals surface area contributed by atoms with E-state index < -0.39 is 24.1 Å². The molecule has 3 amide bonds. The first kappa shape index (κ1) is 16.5. The van der Waals surface area contributed by atoms with E-state index in [0.29, 0.717) is 16.4 Å². The van der Waals surface area contributed by atoms with E-state index >= 15 is 0 Å². The molecule has 0 radical (unpaired) electrons. The number of hydrogen-bond acceptors (Lipinski definition) is 3. The molecule has 0 aromatic heterocycles. The van der Waals surface area contributed by atoms with Gasteiger partial charge in [0.05, 0.1) is 11.4 Å². The summed E-state index contributed by atoms with van der Waals surface area (Å²) >= 11 is 11.7. The summed E-state index contributed by atoms with van der Waals surface area (Å²) in [6.07, 6.45) is -0.441. The molecule has 0 N–H and O–H groups in total. The zero-order valence-electron chi connectivity index (χ0n) is 12.4. The monoisotopic (exact) mass is 362 g/mol. The molecule has 0 bridgehead atoms. The fraction of sp³-hybridized carbons (Fsp3) is 0.118. The summed E-state index contributed by atoms with van der Waals surface area (Å²) in [5.74, 6) is -2.02. The molecule has 0 atom stereocenters. The number of alkyl halides is 1. The number of carbonyl (C=O) groups is 3. The third-order valence-electron chi connectivity index (χ3n) is 3.60. The second-order valence-corrected chi connectivity index (χ2v) is 5.83. The van der Waals surface area contributed by atoms with Gasteiger partial charge in [-0.15, -0.1) is 11.6 Å². The Balaban J connectivity index is 2.25. The minimum atomic E-state index is -0.618. The summed E-state index contributed by atoms with van der Waals surface area (Å²) in [7, 11) is 0. The summed E-state index contributed by atoms with van der Waals surface area (Å²) in [5, 5.41) is 0.384. The zero-order valence-corrected chi connectivity index (χ0v) is 13.9. The number of anilines is 3. The first-order valence-electron chi connectivity index (χ1n) is 7.12. The van der Waals surface area contributed by atoms with Crippen LogP contribution < -0.4 is 9.80 Å². The Morgan fingerprint density at radius 1 is 1.00 bits per heavy atom. The van der Waals surface area contributed by atoms with E-state index in [9.17, 15) is 14.4 Å². The topological polar surface area (TPSA) is 57.7 Å². The number of fused-ring (bicyclic) bond motifs is 1. The van der Waals surface area contributed by atoms with Crippen LogP contribution in [-0.2, 0) is 14.4 Å². The van der Waals surface area contributed by atoms with Crippen molar-refractivity contribution in [3.05, 3.63) is 53.6 Å². The normalized spacial score (nSPS) is 14.4. The lowest BCUT2D eigenvalue weighted by atomic mass is 10.2. The van der Waals surface area contributed by atoms with Crippen molar-refractivity contribution in [1.82, 2.24) is 0 Å². The molecule has 24 heavy (non-hydrogen) atoms. The highest BCUT2D eigenvalue weighted by atomic mass is 35.5. The predicted octanol–water partition coefficient (Wildman–Crippen LogP) is 3.51. The highest BCUT2D eigenvalue weighted by molar-refractivity contribution is 6.36. The van der Waals surface area contributed by atoms with Gasteiger partial charge in [-0.05, 0) is 30.3 Å². The van der Waals surface area contributed by atoms with E-state index in [-0.39, 0.29) is 11.6 Å². The standard InChI is InChI=1S/C17H12Cl2N2O3/c18-10-17(24)21-13-7-6-11(19)8-14(13)20(15(22)9-16(21)23)12-4-2-1-3-5-12/h1-8H,9-10H2. The number of carbonyl (C=O) groups excluding carboxylic acids is 3. The zero-order chi connectivity index (χ0) is 17.3. The molecule has 1 aliphatic heterocycles. The van der Waals surface area contributed by atoms with Crippen LogP contribution in [-0.4, -0.2) is 23.6 Å². The van der Waals surface area contributed by atoms with Crippen molar-refractivity contribution in [1.29, 1.82) is 0 Å². The Hall–Kier alpha value is -2.37. The molecule has 2 aromatic carbocycles. The Bertz CT molecular complexity index is 824. The maximum absolute atomic E-state index is 12.6. The molecule has 2 aromatic rings. The lowest BCUT2D eigenvalue weighted by molar-refractivity contribution is -0.128. The highest BCUT2D eigenvalue weighted by Gasteiger charge is 2.35. The number of nitrogens with zero attached hydrogens (tertiary/aromatic N) is 2. The Kier molecular flexibility index (Phi) is 4.55. The van der Waals surface area contributed by atoms with Crippen molar-refractivity contribution in [2.24, 2.45) is 0 Å². The molecule has 122 valence electrons. The largest absolute Gasteiger partial charge is 0.278 e. The molecule has 0 saturated heterocycles. The minimum absolute atomic E-state index is 0.282. The average molecular weight is 363 g/mol. The van der Waals surface area contributed by atoms with Crippen LogP contribution in [0.3, 0.4) is 0 Å². The summed E-state index contributed by atoms with van der Waals surface area (Å²) in [6, 6.07) is 13.5. The lowest BCUT2D eigenvalue weighted by Gasteiger charge is -2.24. The third kappa shape index (κ3) is 2.88. The van der Waals surface area contributed by atoms with Gasteiger partial charge in [-0.25, -0.2) is 4.90 Å². The van der Waals surface area contributed by atoms with Crippen molar-refractivity contribution in [2.45, 2.75) is 6.42 Å². The number of halogens is 2. The summed E-state index contributed by atoms with van der Waals surface area (Å²) in [6.45, 7) is 0. The van der Waals surface area contributed by atoms with Gasteiger partial charge in [-0.3, -0.25) is 19.3 Å². The van der Waals surface area contributed by atoms with Crippen molar-refractivity contribution < 1.29 is 14.4 Å². The summed E-state index contributed by atoms with van der Waals surface area (Å²) < 4.78 is 0. The number of hydrogen-bond donors (Lipinski definition) is 0. The van der Waals surface area contributed by atoms with Crippen LogP contribution in [0, 0.1) is 0 Å². The smallest absolute Gasteiger partial charge is 0.248 e. The first-order valence-corrected chi connectivity index (χ1v) is 8.03. The van der Waals surface area contributed by atoms with Crippen molar-refractivity contribution >= 4 is 58.0 Å². The molecule has 0 aliphatic carbocycles. The fourth-order valence-electron chi connectivity index (χ4n) is 2.61. The Morgan fingerprint density at radius 3 is 2.38 bits per heavy atom. The van der Waals surface area contributed by atoms with Gasteiger partial charge in [0.2, 0.25) is 17.7 Å². The SMILES string of the molecule is O=C(CCl)N1C(=O)CC(=O)N(c2ccccc2)c2cc(Cl)ccc21. The fourth-order valence-corrected chi connectivity index (χ4v) is 2.90. The van der Waals surface area contributed by atoms with Crippen molar-refractivity contribution in [3.63, 3.8) is 0 Å². The molecule has 0 saturated carbocycles. The van der Waals surface area contributed by atoms with E-state index in [1.807, 2.05) is 6.07 Å². The van der Waals surface area contributed by atoms with E-state index in [0.717, 1.165) is 4.90 Å². The number of imide groups is 1. The maximum atomic E-state index is 12.6.